The van der Waals surface area contributed by atoms with Crippen LogP contribution in [0.2, 0.25) is 0 Å². The van der Waals surface area contributed by atoms with Gasteiger partial charge in [0.2, 0.25) is 0 Å². The van der Waals surface area contributed by atoms with E-state index in [0.717, 1.165) is 17.7 Å². The van der Waals surface area contributed by atoms with Crippen molar-refractivity contribution in [2.24, 2.45) is 0 Å². The van der Waals surface area contributed by atoms with Crippen molar-refractivity contribution in [3.63, 3.8) is 0 Å². The van der Waals surface area contributed by atoms with E-state index in [9.17, 15) is 14.7 Å². The van der Waals surface area contributed by atoms with E-state index in [0.29, 0.717) is 22.7 Å². The number of nitrogens with zero attached hydrogens (tertiary/aromatic N) is 1. The van der Waals surface area contributed by atoms with E-state index in [4.69, 9.17) is 0 Å². The number of thiophene rings is 1. The van der Waals surface area contributed by atoms with Gasteiger partial charge in [-0.1, -0.05) is 31.5 Å². The fourth-order valence-corrected chi connectivity index (χ4v) is 3.92. The minimum Gasteiger partial charge on any atom is -0.375 e. The number of Topliss-reactive ketones (excluding diaryl/α,β-unsaturated/α-hetero) is 1. The summed E-state index contributed by atoms with van der Waals surface area (Å²) in [4.78, 5) is 28.7. The quantitative estimate of drug-likeness (QED) is 0.814. The molecule has 3 rings (SSSR count). The predicted octanol–water partition coefficient (Wildman–Crippen LogP) is 3.66. The number of carbonyl (C=O) groups is 2. The van der Waals surface area contributed by atoms with E-state index in [1.54, 1.807) is 23.1 Å². The number of benzene rings is 1. The molecule has 0 aliphatic carbocycles. The highest BCUT2D eigenvalue weighted by molar-refractivity contribution is 7.14. The number of anilines is 1. The summed E-state index contributed by atoms with van der Waals surface area (Å²) in [6.07, 6.45) is 1.59. The summed E-state index contributed by atoms with van der Waals surface area (Å²) in [5.41, 5.74) is -0.513. The Balaban J connectivity index is 1.93. The zero-order valence-corrected chi connectivity index (χ0v) is 14.7. The van der Waals surface area contributed by atoms with Crippen molar-refractivity contribution < 1.29 is 14.7 Å². The first-order valence-corrected chi connectivity index (χ1v) is 9.02. The lowest BCUT2D eigenvalue weighted by atomic mass is 9.89. The van der Waals surface area contributed by atoms with Crippen LogP contribution < -0.4 is 4.90 Å². The molecule has 1 amide bonds. The zero-order valence-electron chi connectivity index (χ0n) is 13.9. The van der Waals surface area contributed by atoms with E-state index in [1.165, 1.54) is 11.3 Å². The molecule has 0 radical (unpaired) electrons. The normalized spacial score (nSPS) is 19.6. The third kappa shape index (κ3) is 2.78. The van der Waals surface area contributed by atoms with Crippen molar-refractivity contribution in [2.75, 3.05) is 11.4 Å². The number of rotatable bonds is 6. The van der Waals surface area contributed by atoms with Crippen LogP contribution in [0.25, 0.3) is 0 Å². The maximum Gasteiger partial charge on any atom is 0.264 e. The lowest BCUT2D eigenvalue weighted by molar-refractivity contribution is -0.135. The van der Waals surface area contributed by atoms with Crippen LogP contribution in [0, 0.1) is 6.92 Å². The van der Waals surface area contributed by atoms with E-state index in [1.807, 2.05) is 25.1 Å². The Bertz CT molecular complexity index is 782. The van der Waals surface area contributed by atoms with Gasteiger partial charge in [0, 0.05) is 17.0 Å². The first-order chi connectivity index (χ1) is 11.5. The number of amides is 1. The second-order valence-corrected chi connectivity index (χ2v) is 7.49. The molecule has 1 aromatic heterocycles. The molecule has 0 spiro atoms. The molecule has 0 saturated carbocycles. The average Bonchev–Trinajstić information content (AvgIpc) is 3.09. The fraction of sp³-hybridized carbons (Fsp3) is 0.368. The number of aryl methyl sites for hydroxylation is 1. The molecule has 4 nitrogen and oxygen atoms in total. The smallest absolute Gasteiger partial charge is 0.264 e. The molecule has 0 bridgehead atoms. The summed E-state index contributed by atoms with van der Waals surface area (Å²) >= 11 is 1.39. The number of aliphatic hydroxyl groups is 1. The molecule has 24 heavy (non-hydrogen) atoms. The Kier molecular flexibility index (Phi) is 4.56. The minimum atomic E-state index is -1.76. The summed E-state index contributed by atoms with van der Waals surface area (Å²) in [5, 5.41) is 11.1. The number of para-hydroxylation sites is 1. The lowest BCUT2D eigenvalue weighted by Gasteiger charge is -2.22. The van der Waals surface area contributed by atoms with Crippen molar-refractivity contribution in [1.82, 2.24) is 0 Å². The summed E-state index contributed by atoms with van der Waals surface area (Å²) in [6, 6.07) is 10.8. The number of unbranched alkanes of at least 4 members (excludes halogenated alkanes) is 1. The van der Waals surface area contributed by atoms with Gasteiger partial charge in [0.05, 0.1) is 17.0 Å². The molecule has 1 aromatic carbocycles. The second kappa shape index (κ2) is 6.49. The molecule has 0 fully saturated rings. The van der Waals surface area contributed by atoms with Gasteiger partial charge in [0.1, 0.15) is 0 Å². The molecule has 1 atom stereocenters. The summed E-state index contributed by atoms with van der Waals surface area (Å²) in [5.74, 6) is -0.588. The summed E-state index contributed by atoms with van der Waals surface area (Å²) < 4.78 is 0. The van der Waals surface area contributed by atoms with Crippen LogP contribution in [-0.2, 0) is 10.4 Å². The Morgan fingerprint density at radius 2 is 2.00 bits per heavy atom. The number of ketones is 1. The van der Waals surface area contributed by atoms with Gasteiger partial charge < -0.3 is 10.0 Å². The molecular formula is C19H21NO3S. The molecule has 1 N–H and O–H groups in total. The van der Waals surface area contributed by atoms with Crippen LogP contribution in [0.1, 0.15) is 46.3 Å². The minimum absolute atomic E-state index is 0.198. The van der Waals surface area contributed by atoms with Crippen LogP contribution in [0.3, 0.4) is 0 Å². The lowest BCUT2D eigenvalue weighted by Crippen LogP contribution is -2.42. The third-order valence-corrected chi connectivity index (χ3v) is 5.45. The van der Waals surface area contributed by atoms with Crippen LogP contribution >= 0.6 is 11.3 Å². The van der Waals surface area contributed by atoms with Crippen molar-refractivity contribution in [1.29, 1.82) is 0 Å². The molecule has 0 saturated heterocycles. The fourth-order valence-electron chi connectivity index (χ4n) is 3.12. The monoisotopic (exact) mass is 343 g/mol. The third-order valence-electron chi connectivity index (χ3n) is 4.41. The Labute approximate surface area is 145 Å². The number of carbonyl (C=O) groups excluding carboxylic acids is 2. The van der Waals surface area contributed by atoms with E-state index in [2.05, 4.69) is 6.92 Å². The topological polar surface area (TPSA) is 57.6 Å². The largest absolute Gasteiger partial charge is 0.375 e. The highest BCUT2D eigenvalue weighted by atomic mass is 32.1. The van der Waals surface area contributed by atoms with Gasteiger partial charge in [0.15, 0.2) is 11.4 Å². The van der Waals surface area contributed by atoms with Gasteiger partial charge in [-0.05, 0) is 31.5 Å². The SMILES string of the molecule is CCCCN1C(=O)[C@](O)(CC(=O)c2ccc(C)s2)c2ccccc21. The van der Waals surface area contributed by atoms with Crippen molar-refractivity contribution in [3.05, 3.63) is 51.7 Å². The summed E-state index contributed by atoms with van der Waals surface area (Å²) in [7, 11) is 0. The van der Waals surface area contributed by atoms with Gasteiger partial charge >= 0.3 is 0 Å². The van der Waals surface area contributed by atoms with Crippen LogP contribution in [0.4, 0.5) is 5.69 Å². The second-order valence-electron chi connectivity index (χ2n) is 6.20. The maximum atomic E-state index is 12.9. The average molecular weight is 343 g/mol. The maximum absolute atomic E-state index is 12.9. The molecule has 0 unspecified atom stereocenters. The molecule has 126 valence electrons. The highest BCUT2D eigenvalue weighted by Crippen LogP contribution is 2.43. The van der Waals surface area contributed by atoms with Gasteiger partial charge in [-0.25, -0.2) is 0 Å². The molecule has 2 heterocycles. The Morgan fingerprint density at radius 3 is 2.67 bits per heavy atom. The van der Waals surface area contributed by atoms with Crippen molar-refractivity contribution >= 4 is 28.7 Å². The number of fused-ring (bicyclic) bond motifs is 1. The number of hydrogen-bond donors (Lipinski definition) is 1. The van der Waals surface area contributed by atoms with Gasteiger partial charge in [-0.2, -0.15) is 0 Å². The van der Waals surface area contributed by atoms with Crippen molar-refractivity contribution in [3.8, 4) is 0 Å². The molecule has 5 heteroatoms. The molecular weight excluding hydrogens is 322 g/mol. The first kappa shape index (κ1) is 16.9. The van der Waals surface area contributed by atoms with Crippen LogP contribution in [0.15, 0.2) is 36.4 Å². The predicted molar refractivity (Wildman–Crippen MR) is 95.6 cm³/mol. The highest BCUT2D eigenvalue weighted by Gasteiger charge is 2.50. The standard InChI is InChI=1S/C19H21NO3S/c1-3-4-11-20-15-8-6-5-7-14(15)19(23,18(20)22)12-16(21)17-10-9-13(2)24-17/h5-10,23H,3-4,11-12H2,1-2H3/t19-/m0/s1. The Hall–Kier alpha value is -1.98. The van der Waals surface area contributed by atoms with Gasteiger partial charge in [-0.3, -0.25) is 9.59 Å². The zero-order chi connectivity index (χ0) is 17.3. The van der Waals surface area contributed by atoms with Gasteiger partial charge in [0.25, 0.3) is 5.91 Å². The molecule has 1 aliphatic rings. The Morgan fingerprint density at radius 1 is 1.25 bits per heavy atom. The van der Waals surface area contributed by atoms with E-state index in [-0.39, 0.29) is 12.2 Å². The van der Waals surface area contributed by atoms with Crippen LogP contribution in [-0.4, -0.2) is 23.3 Å². The van der Waals surface area contributed by atoms with E-state index >= 15 is 0 Å². The first-order valence-electron chi connectivity index (χ1n) is 8.21. The summed E-state index contributed by atoms with van der Waals surface area (Å²) in [6.45, 7) is 4.54. The van der Waals surface area contributed by atoms with Crippen LogP contribution in [0.5, 0.6) is 0 Å². The molecule has 1 aliphatic heterocycles. The number of hydrogen-bond acceptors (Lipinski definition) is 4. The van der Waals surface area contributed by atoms with E-state index < -0.39 is 11.5 Å². The van der Waals surface area contributed by atoms with Gasteiger partial charge in [-0.15, -0.1) is 11.3 Å². The molecule has 2 aromatic rings. The van der Waals surface area contributed by atoms with Crippen molar-refractivity contribution in [2.45, 2.75) is 38.7 Å².